The first-order valence-electron chi connectivity index (χ1n) is 3.74. The van der Waals surface area contributed by atoms with Gasteiger partial charge in [-0.25, -0.2) is 4.79 Å². The fraction of sp³-hybridized carbons (Fsp3) is 0.250. The smallest absolute Gasteiger partial charge is 0.404 e. The van der Waals surface area contributed by atoms with E-state index in [-0.39, 0.29) is 12.1 Å². The standard InChI is InChI=1S/C8H10N2O3/c1-5-2-6(3-7(11)10-5)4-9-8(12)13/h2-3,9H,4H2,1H3,(H,10,11)(H,12,13). The molecule has 1 amide bonds. The predicted octanol–water partition coefficient (Wildman–Crippen LogP) is 0.451. The first-order valence-corrected chi connectivity index (χ1v) is 3.74. The van der Waals surface area contributed by atoms with E-state index in [2.05, 4.69) is 10.3 Å². The molecule has 0 unspecified atom stereocenters. The van der Waals surface area contributed by atoms with E-state index in [1.54, 1.807) is 13.0 Å². The van der Waals surface area contributed by atoms with Crippen molar-refractivity contribution in [3.8, 4) is 0 Å². The van der Waals surface area contributed by atoms with E-state index < -0.39 is 6.09 Å². The Morgan fingerprint density at radius 3 is 2.85 bits per heavy atom. The van der Waals surface area contributed by atoms with E-state index in [9.17, 15) is 9.59 Å². The lowest BCUT2D eigenvalue weighted by Gasteiger charge is -2.01. The van der Waals surface area contributed by atoms with Gasteiger partial charge in [-0.15, -0.1) is 0 Å². The quantitative estimate of drug-likeness (QED) is 0.621. The van der Waals surface area contributed by atoms with E-state index in [1.807, 2.05) is 0 Å². The van der Waals surface area contributed by atoms with Crippen LogP contribution in [0.4, 0.5) is 4.79 Å². The number of carboxylic acid groups (broad SMARTS) is 1. The molecule has 1 aromatic heterocycles. The van der Waals surface area contributed by atoms with Crippen molar-refractivity contribution < 1.29 is 9.90 Å². The maximum atomic E-state index is 10.9. The van der Waals surface area contributed by atoms with Gasteiger partial charge in [-0.2, -0.15) is 0 Å². The van der Waals surface area contributed by atoms with Gasteiger partial charge in [0.05, 0.1) is 0 Å². The Hall–Kier alpha value is -1.78. The van der Waals surface area contributed by atoms with Gasteiger partial charge in [0.2, 0.25) is 5.56 Å². The summed E-state index contributed by atoms with van der Waals surface area (Å²) >= 11 is 0. The lowest BCUT2D eigenvalue weighted by atomic mass is 10.2. The van der Waals surface area contributed by atoms with Crippen molar-refractivity contribution in [1.29, 1.82) is 0 Å². The number of aryl methyl sites for hydroxylation is 1. The predicted molar refractivity (Wildman–Crippen MR) is 46.7 cm³/mol. The molecular formula is C8H10N2O3. The minimum Gasteiger partial charge on any atom is -0.465 e. The Morgan fingerprint density at radius 1 is 1.62 bits per heavy atom. The summed E-state index contributed by atoms with van der Waals surface area (Å²) in [5.74, 6) is 0. The van der Waals surface area contributed by atoms with Crippen LogP contribution in [0.25, 0.3) is 0 Å². The molecule has 0 aliphatic carbocycles. The van der Waals surface area contributed by atoms with Crippen LogP contribution in [-0.2, 0) is 6.54 Å². The summed E-state index contributed by atoms with van der Waals surface area (Å²) in [4.78, 5) is 23.6. The van der Waals surface area contributed by atoms with Gasteiger partial charge in [-0.1, -0.05) is 0 Å². The molecule has 0 saturated carbocycles. The third kappa shape index (κ3) is 2.98. The van der Waals surface area contributed by atoms with E-state index in [0.29, 0.717) is 5.56 Å². The van der Waals surface area contributed by atoms with Gasteiger partial charge in [0.1, 0.15) is 0 Å². The molecule has 1 aromatic rings. The van der Waals surface area contributed by atoms with Gasteiger partial charge in [-0.3, -0.25) is 4.79 Å². The Bertz CT molecular complexity index is 370. The Balaban J connectivity index is 2.77. The van der Waals surface area contributed by atoms with Crippen LogP contribution in [0, 0.1) is 6.92 Å². The van der Waals surface area contributed by atoms with Crippen molar-refractivity contribution in [1.82, 2.24) is 10.3 Å². The molecule has 0 atom stereocenters. The number of carbonyl (C=O) groups is 1. The molecule has 0 aliphatic rings. The van der Waals surface area contributed by atoms with Gasteiger partial charge < -0.3 is 15.4 Å². The molecule has 5 nitrogen and oxygen atoms in total. The fourth-order valence-electron chi connectivity index (χ4n) is 1.03. The minimum atomic E-state index is -1.10. The van der Waals surface area contributed by atoms with Crippen molar-refractivity contribution in [2.75, 3.05) is 0 Å². The summed E-state index contributed by atoms with van der Waals surface area (Å²) in [5, 5.41) is 10.5. The van der Waals surface area contributed by atoms with Crippen molar-refractivity contribution in [2.24, 2.45) is 0 Å². The third-order valence-electron chi connectivity index (χ3n) is 1.48. The number of aromatic amines is 1. The second-order valence-corrected chi connectivity index (χ2v) is 2.69. The fourth-order valence-corrected chi connectivity index (χ4v) is 1.03. The molecule has 1 heterocycles. The number of hydrogen-bond acceptors (Lipinski definition) is 2. The molecule has 13 heavy (non-hydrogen) atoms. The molecule has 1 rings (SSSR count). The highest BCUT2D eigenvalue weighted by Gasteiger charge is 1.98. The second-order valence-electron chi connectivity index (χ2n) is 2.69. The number of pyridine rings is 1. The highest BCUT2D eigenvalue weighted by atomic mass is 16.4. The molecule has 0 aliphatic heterocycles. The zero-order chi connectivity index (χ0) is 9.84. The summed E-state index contributed by atoms with van der Waals surface area (Å²) in [6.07, 6.45) is -1.10. The Kier molecular flexibility index (Phi) is 2.69. The van der Waals surface area contributed by atoms with Crippen molar-refractivity contribution >= 4 is 6.09 Å². The molecule has 3 N–H and O–H groups in total. The van der Waals surface area contributed by atoms with Gasteiger partial charge >= 0.3 is 6.09 Å². The molecule has 0 aromatic carbocycles. The number of rotatable bonds is 2. The van der Waals surface area contributed by atoms with Crippen LogP contribution in [0.1, 0.15) is 11.3 Å². The Labute approximate surface area is 74.4 Å². The lowest BCUT2D eigenvalue weighted by molar-refractivity contribution is 0.194. The zero-order valence-electron chi connectivity index (χ0n) is 7.13. The molecular weight excluding hydrogens is 172 g/mol. The van der Waals surface area contributed by atoms with Crippen LogP contribution in [0.15, 0.2) is 16.9 Å². The second kappa shape index (κ2) is 3.75. The van der Waals surface area contributed by atoms with Crippen LogP contribution in [0.3, 0.4) is 0 Å². The first-order chi connectivity index (χ1) is 6.08. The summed E-state index contributed by atoms with van der Waals surface area (Å²) in [7, 11) is 0. The van der Waals surface area contributed by atoms with Gasteiger partial charge in [-0.05, 0) is 18.6 Å². The Morgan fingerprint density at radius 2 is 2.31 bits per heavy atom. The molecule has 0 radical (unpaired) electrons. The van der Waals surface area contributed by atoms with E-state index in [4.69, 9.17) is 5.11 Å². The average Bonchev–Trinajstić information content (AvgIpc) is 1.99. The van der Waals surface area contributed by atoms with Crippen molar-refractivity contribution in [3.63, 3.8) is 0 Å². The third-order valence-corrected chi connectivity index (χ3v) is 1.48. The van der Waals surface area contributed by atoms with Crippen molar-refractivity contribution in [2.45, 2.75) is 13.5 Å². The first kappa shape index (κ1) is 9.31. The average molecular weight is 182 g/mol. The largest absolute Gasteiger partial charge is 0.465 e. The van der Waals surface area contributed by atoms with Gasteiger partial charge in [0.15, 0.2) is 0 Å². The molecule has 70 valence electrons. The summed E-state index contributed by atoms with van der Waals surface area (Å²) in [6.45, 7) is 1.89. The SMILES string of the molecule is Cc1cc(CNC(=O)O)cc(=O)[nH]1. The molecule has 5 heteroatoms. The van der Waals surface area contributed by atoms with Crippen LogP contribution in [0.2, 0.25) is 0 Å². The normalized spacial score (nSPS) is 9.62. The molecule has 0 bridgehead atoms. The summed E-state index contributed by atoms with van der Waals surface area (Å²) in [6, 6.07) is 3.08. The van der Waals surface area contributed by atoms with Crippen LogP contribution in [-0.4, -0.2) is 16.2 Å². The van der Waals surface area contributed by atoms with E-state index in [1.165, 1.54) is 6.07 Å². The highest BCUT2D eigenvalue weighted by molar-refractivity contribution is 5.64. The summed E-state index contributed by atoms with van der Waals surface area (Å²) < 4.78 is 0. The van der Waals surface area contributed by atoms with Crippen LogP contribution in [0.5, 0.6) is 0 Å². The summed E-state index contributed by atoms with van der Waals surface area (Å²) in [5.41, 5.74) is 1.15. The maximum Gasteiger partial charge on any atom is 0.404 e. The number of H-pyrrole nitrogens is 1. The number of aromatic nitrogens is 1. The van der Waals surface area contributed by atoms with E-state index in [0.717, 1.165) is 5.69 Å². The van der Waals surface area contributed by atoms with Crippen LogP contribution >= 0.6 is 0 Å². The number of hydrogen-bond donors (Lipinski definition) is 3. The monoisotopic (exact) mass is 182 g/mol. The zero-order valence-corrected chi connectivity index (χ0v) is 7.13. The molecule has 0 saturated heterocycles. The van der Waals surface area contributed by atoms with Gasteiger partial charge in [0, 0.05) is 18.3 Å². The number of nitrogens with one attached hydrogen (secondary N) is 2. The highest BCUT2D eigenvalue weighted by Crippen LogP contribution is 1.96. The number of amides is 1. The molecule has 0 spiro atoms. The van der Waals surface area contributed by atoms with Crippen molar-refractivity contribution in [3.05, 3.63) is 33.7 Å². The molecule has 0 fully saturated rings. The lowest BCUT2D eigenvalue weighted by Crippen LogP contribution is -2.21. The van der Waals surface area contributed by atoms with Crippen LogP contribution < -0.4 is 10.9 Å². The topological polar surface area (TPSA) is 82.2 Å². The minimum absolute atomic E-state index is 0.153. The maximum absolute atomic E-state index is 10.9. The van der Waals surface area contributed by atoms with Gasteiger partial charge in [0.25, 0.3) is 0 Å². The van der Waals surface area contributed by atoms with E-state index >= 15 is 0 Å².